The first-order chi connectivity index (χ1) is 12.5. The highest BCUT2D eigenvalue weighted by Gasteiger charge is 2.41. The lowest BCUT2D eigenvalue weighted by Crippen LogP contribution is -2.47. The van der Waals surface area contributed by atoms with Crippen molar-refractivity contribution < 1.29 is 9.18 Å². The van der Waals surface area contributed by atoms with Gasteiger partial charge in [-0.05, 0) is 55.2 Å². The minimum absolute atomic E-state index is 0.0442. The van der Waals surface area contributed by atoms with Crippen LogP contribution in [0.3, 0.4) is 0 Å². The van der Waals surface area contributed by atoms with Crippen molar-refractivity contribution in [2.75, 3.05) is 6.54 Å². The zero-order valence-electron chi connectivity index (χ0n) is 17.6. The highest BCUT2D eigenvalue weighted by molar-refractivity contribution is 6.79. The number of nitrogens with one attached hydrogen (secondary N) is 1. The molecule has 1 atom stereocenters. The van der Waals surface area contributed by atoms with Crippen LogP contribution in [0, 0.1) is 5.82 Å². The predicted molar refractivity (Wildman–Crippen MR) is 114 cm³/mol. The van der Waals surface area contributed by atoms with Crippen molar-refractivity contribution in [2.45, 2.75) is 77.0 Å². The lowest BCUT2D eigenvalue weighted by atomic mass is 9.83. The van der Waals surface area contributed by atoms with Gasteiger partial charge in [-0.25, -0.2) is 4.39 Å². The molecule has 27 heavy (non-hydrogen) atoms. The molecule has 0 aliphatic carbocycles. The fourth-order valence-electron chi connectivity index (χ4n) is 4.22. The minimum atomic E-state index is -1.94. The lowest BCUT2D eigenvalue weighted by molar-refractivity contribution is 0.0857. The quantitative estimate of drug-likeness (QED) is 0.523. The number of halogens is 1. The molecule has 1 fully saturated rings. The first-order valence-electron chi connectivity index (χ1n) is 10.1. The standard InChI is InChI=1S/C22H33FN2OSi/c1-7-10-22(11-8-12-24-22)20(26)17-14-16-9-13-25(19(16)18(23)15-17)27(5,6)21(2,3)4/h9,13-15,24H,7-8,10-12H2,1-6H3. The van der Waals surface area contributed by atoms with E-state index >= 15 is 4.39 Å². The van der Waals surface area contributed by atoms with Gasteiger partial charge in [0, 0.05) is 10.9 Å². The summed E-state index contributed by atoms with van der Waals surface area (Å²) in [7, 11) is -1.94. The molecule has 0 bridgehead atoms. The van der Waals surface area contributed by atoms with Gasteiger partial charge in [-0.15, -0.1) is 0 Å². The van der Waals surface area contributed by atoms with Crippen LogP contribution in [0.25, 0.3) is 10.9 Å². The van der Waals surface area contributed by atoms with Crippen molar-refractivity contribution in [3.05, 3.63) is 35.8 Å². The van der Waals surface area contributed by atoms with Crippen LogP contribution in [0.2, 0.25) is 18.1 Å². The van der Waals surface area contributed by atoms with Crippen molar-refractivity contribution in [3.63, 3.8) is 0 Å². The molecule has 0 spiro atoms. The maximum atomic E-state index is 15.2. The van der Waals surface area contributed by atoms with Crippen LogP contribution >= 0.6 is 0 Å². The third-order valence-electron chi connectivity index (χ3n) is 6.79. The predicted octanol–water partition coefficient (Wildman–Crippen LogP) is 5.74. The monoisotopic (exact) mass is 388 g/mol. The number of nitrogens with zero attached hydrogens (tertiary/aromatic N) is 1. The van der Waals surface area contributed by atoms with E-state index in [0.29, 0.717) is 11.1 Å². The van der Waals surface area contributed by atoms with E-state index in [1.54, 1.807) is 0 Å². The molecule has 0 amide bonds. The van der Waals surface area contributed by atoms with E-state index in [9.17, 15) is 4.79 Å². The summed E-state index contributed by atoms with van der Waals surface area (Å²) in [6.45, 7) is 14.2. The number of benzene rings is 1. The van der Waals surface area contributed by atoms with E-state index in [1.165, 1.54) is 6.07 Å². The molecule has 1 aromatic carbocycles. The maximum absolute atomic E-state index is 15.2. The summed E-state index contributed by atoms with van der Waals surface area (Å²) >= 11 is 0. The number of aromatic nitrogens is 1. The van der Waals surface area contributed by atoms with Crippen molar-refractivity contribution in [1.82, 2.24) is 9.55 Å². The third kappa shape index (κ3) is 3.29. The van der Waals surface area contributed by atoms with Crippen molar-refractivity contribution in [2.24, 2.45) is 0 Å². The summed E-state index contributed by atoms with van der Waals surface area (Å²) in [5, 5.41) is 4.34. The number of carbonyl (C=O) groups excluding carboxylic acids is 1. The molecule has 1 aliphatic rings. The van der Waals surface area contributed by atoms with Gasteiger partial charge in [-0.2, -0.15) is 0 Å². The fraction of sp³-hybridized carbons (Fsp3) is 0.591. The molecule has 0 radical (unpaired) electrons. The van der Waals surface area contributed by atoms with Gasteiger partial charge in [-0.1, -0.05) is 47.2 Å². The highest BCUT2D eigenvalue weighted by atomic mass is 28.3. The number of rotatable bonds is 5. The summed E-state index contributed by atoms with van der Waals surface area (Å²) in [5.74, 6) is -0.238. The van der Waals surface area contributed by atoms with E-state index in [1.807, 2.05) is 18.3 Å². The van der Waals surface area contributed by atoms with Gasteiger partial charge in [0.25, 0.3) is 0 Å². The smallest absolute Gasteiger partial charge is 0.182 e. The molecule has 3 nitrogen and oxygen atoms in total. The van der Waals surface area contributed by atoms with E-state index in [0.717, 1.165) is 37.6 Å². The van der Waals surface area contributed by atoms with E-state index in [-0.39, 0.29) is 16.6 Å². The molecular formula is C22H33FN2OSi. The average Bonchev–Trinajstić information content (AvgIpc) is 3.21. The first kappa shape index (κ1) is 20.3. The van der Waals surface area contributed by atoms with Crippen LogP contribution in [0.15, 0.2) is 24.4 Å². The molecule has 1 aromatic heterocycles. The van der Waals surface area contributed by atoms with Crippen molar-refractivity contribution >= 4 is 24.9 Å². The second kappa shape index (κ2) is 6.85. The second-order valence-electron chi connectivity index (χ2n) is 9.58. The van der Waals surface area contributed by atoms with Gasteiger partial charge in [-0.3, -0.25) is 4.79 Å². The van der Waals surface area contributed by atoms with Gasteiger partial charge in [0.05, 0.1) is 11.1 Å². The maximum Gasteiger partial charge on any atom is 0.182 e. The highest BCUT2D eigenvalue weighted by Crippen LogP contribution is 2.40. The Hall–Kier alpha value is -1.46. The van der Waals surface area contributed by atoms with Crippen LogP contribution in [0.4, 0.5) is 4.39 Å². The molecule has 1 saturated heterocycles. The Kier molecular flexibility index (Phi) is 5.15. The Bertz CT molecular complexity index is 857. The Balaban J connectivity index is 2.08. The molecule has 1 unspecified atom stereocenters. The zero-order chi connectivity index (χ0) is 20.0. The van der Waals surface area contributed by atoms with Crippen molar-refractivity contribution in [1.29, 1.82) is 0 Å². The molecular weight excluding hydrogens is 355 g/mol. The number of hydrogen-bond acceptors (Lipinski definition) is 2. The third-order valence-corrected chi connectivity index (χ3v) is 12.0. The number of fused-ring (bicyclic) bond motifs is 1. The van der Waals surface area contributed by atoms with Gasteiger partial charge < -0.3 is 9.55 Å². The van der Waals surface area contributed by atoms with E-state index in [4.69, 9.17) is 0 Å². The Labute approximate surface area is 163 Å². The Morgan fingerprint density at radius 2 is 2.04 bits per heavy atom. The zero-order valence-corrected chi connectivity index (χ0v) is 18.6. The molecule has 1 N–H and O–H groups in total. The molecule has 3 rings (SSSR count). The summed E-state index contributed by atoms with van der Waals surface area (Å²) in [4.78, 5) is 13.3. The fourth-order valence-corrected chi connectivity index (χ4v) is 6.18. The number of carbonyl (C=O) groups is 1. The second-order valence-corrected chi connectivity index (χ2v) is 14.7. The van der Waals surface area contributed by atoms with Crippen LogP contribution < -0.4 is 5.32 Å². The van der Waals surface area contributed by atoms with Gasteiger partial charge in [0.2, 0.25) is 0 Å². The van der Waals surface area contributed by atoms with Gasteiger partial charge in [0.15, 0.2) is 14.0 Å². The number of hydrogen-bond donors (Lipinski definition) is 1. The number of Topliss-reactive ketones (excluding diaryl/α,β-unsaturated/α-hetero) is 1. The van der Waals surface area contributed by atoms with Crippen LogP contribution in [0.5, 0.6) is 0 Å². The van der Waals surface area contributed by atoms with Gasteiger partial charge >= 0.3 is 0 Å². The Morgan fingerprint density at radius 3 is 2.59 bits per heavy atom. The largest absolute Gasteiger partial charge is 0.372 e. The van der Waals surface area contributed by atoms with E-state index in [2.05, 4.69) is 50.3 Å². The Morgan fingerprint density at radius 1 is 1.33 bits per heavy atom. The first-order valence-corrected chi connectivity index (χ1v) is 13.1. The van der Waals surface area contributed by atoms with Crippen molar-refractivity contribution in [3.8, 4) is 0 Å². The topological polar surface area (TPSA) is 34.0 Å². The van der Waals surface area contributed by atoms with Crippen LogP contribution in [0.1, 0.15) is 63.7 Å². The molecule has 1 aliphatic heterocycles. The SMILES string of the molecule is CCCC1(C(=O)c2cc(F)c3c(ccn3[Si](C)(C)C(C)(C)C)c2)CCCN1. The molecule has 5 heteroatoms. The summed E-state index contributed by atoms with van der Waals surface area (Å²) < 4.78 is 17.4. The van der Waals surface area contributed by atoms with Crippen LogP contribution in [-0.4, -0.2) is 30.3 Å². The average molecular weight is 389 g/mol. The lowest BCUT2D eigenvalue weighted by Gasteiger charge is -2.38. The molecule has 0 saturated carbocycles. The summed E-state index contributed by atoms with van der Waals surface area (Å²) in [6.07, 6.45) is 5.58. The summed E-state index contributed by atoms with van der Waals surface area (Å²) in [5.41, 5.74) is 0.620. The normalized spacial score (nSPS) is 21.1. The number of ketones is 1. The molecule has 148 valence electrons. The summed E-state index contributed by atoms with van der Waals surface area (Å²) in [6, 6.07) is 5.32. The van der Waals surface area contributed by atoms with E-state index < -0.39 is 13.8 Å². The minimum Gasteiger partial charge on any atom is -0.372 e. The molecule has 2 heterocycles. The van der Waals surface area contributed by atoms with Crippen LogP contribution in [-0.2, 0) is 0 Å². The molecule has 2 aromatic rings. The van der Waals surface area contributed by atoms with Gasteiger partial charge in [0.1, 0.15) is 5.82 Å².